The molecule has 0 N–H and O–H groups in total. The molecule has 1 heterocycles. The van der Waals surface area contributed by atoms with Crippen LogP contribution < -0.4 is 4.74 Å². The number of hydrogen-bond donors (Lipinski definition) is 0. The lowest BCUT2D eigenvalue weighted by Crippen LogP contribution is -2.14. The summed E-state index contributed by atoms with van der Waals surface area (Å²) in [6.07, 6.45) is 1.74. The van der Waals surface area contributed by atoms with Gasteiger partial charge in [0.15, 0.2) is 0 Å². The fraction of sp³-hybridized carbons (Fsp3) is 0.368. The van der Waals surface area contributed by atoms with E-state index in [-0.39, 0.29) is 6.10 Å². The highest BCUT2D eigenvalue weighted by Crippen LogP contribution is 2.32. The summed E-state index contributed by atoms with van der Waals surface area (Å²) in [7, 11) is 1.99. The van der Waals surface area contributed by atoms with Crippen LogP contribution in [0, 0.1) is 13.8 Å². The number of nitrogens with zero attached hydrogens (tertiary/aromatic N) is 3. The van der Waals surface area contributed by atoms with Crippen LogP contribution in [-0.2, 0) is 0 Å². The Morgan fingerprint density at radius 1 is 1.33 bits per heavy atom. The summed E-state index contributed by atoms with van der Waals surface area (Å²) >= 11 is 3.55. The standard InChI is InChI=1S/C19H24BrN3O/c1-6-23(5)12-21-18-11-17(20)19(22-14(18)3)24-15(4)16-10-8-7-9-13(16)2/h7-12,15H,6H2,1-5H3/b21-12+/t15-/m0/s1. The number of pyridine rings is 1. The van der Waals surface area contributed by atoms with Crippen molar-refractivity contribution in [2.45, 2.75) is 33.8 Å². The number of halogens is 1. The number of ether oxygens (including phenoxy) is 1. The predicted octanol–water partition coefficient (Wildman–Crippen LogP) is 5.21. The molecule has 2 rings (SSSR count). The smallest absolute Gasteiger partial charge is 0.228 e. The summed E-state index contributed by atoms with van der Waals surface area (Å²) in [6.45, 7) is 9.05. The summed E-state index contributed by atoms with van der Waals surface area (Å²) in [4.78, 5) is 11.1. The Hall–Kier alpha value is -1.88. The van der Waals surface area contributed by atoms with Crippen LogP contribution in [0.15, 0.2) is 39.8 Å². The molecule has 1 aromatic carbocycles. The topological polar surface area (TPSA) is 37.7 Å². The van der Waals surface area contributed by atoms with E-state index < -0.39 is 0 Å². The molecule has 0 amide bonds. The average Bonchev–Trinajstić information content (AvgIpc) is 2.56. The molecule has 0 radical (unpaired) electrons. The molecule has 0 saturated carbocycles. The molecule has 0 bridgehead atoms. The van der Waals surface area contributed by atoms with E-state index in [1.54, 1.807) is 0 Å². The zero-order valence-electron chi connectivity index (χ0n) is 14.9. The van der Waals surface area contributed by atoms with E-state index in [1.807, 2.05) is 50.3 Å². The minimum Gasteiger partial charge on any atom is -0.469 e. The second-order valence-corrected chi connectivity index (χ2v) is 6.67. The van der Waals surface area contributed by atoms with Gasteiger partial charge in [0.1, 0.15) is 6.10 Å². The van der Waals surface area contributed by atoms with Crippen LogP contribution in [0.5, 0.6) is 5.88 Å². The van der Waals surface area contributed by atoms with Crippen molar-refractivity contribution in [2.24, 2.45) is 4.99 Å². The van der Waals surface area contributed by atoms with E-state index in [9.17, 15) is 0 Å². The van der Waals surface area contributed by atoms with Crippen LogP contribution in [0.2, 0.25) is 0 Å². The summed E-state index contributed by atoms with van der Waals surface area (Å²) < 4.78 is 6.88. The van der Waals surface area contributed by atoms with E-state index in [0.29, 0.717) is 5.88 Å². The monoisotopic (exact) mass is 389 g/mol. The fourth-order valence-corrected chi connectivity index (χ4v) is 2.68. The van der Waals surface area contributed by atoms with E-state index in [1.165, 1.54) is 5.56 Å². The van der Waals surface area contributed by atoms with Gasteiger partial charge in [0.2, 0.25) is 5.88 Å². The summed E-state index contributed by atoms with van der Waals surface area (Å²) in [5.74, 6) is 0.589. The van der Waals surface area contributed by atoms with Gasteiger partial charge in [-0.25, -0.2) is 9.98 Å². The van der Waals surface area contributed by atoms with Crippen LogP contribution in [-0.4, -0.2) is 29.8 Å². The molecular formula is C19H24BrN3O. The first-order valence-corrected chi connectivity index (χ1v) is 8.85. The number of aryl methyl sites for hydroxylation is 2. The van der Waals surface area contributed by atoms with Gasteiger partial charge >= 0.3 is 0 Å². The van der Waals surface area contributed by atoms with Crippen molar-refractivity contribution in [1.82, 2.24) is 9.88 Å². The SMILES string of the molecule is CCN(C)/C=N/c1cc(Br)c(O[C@@H](C)c2ccccc2C)nc1C. The Bertz CT molecular complexity index is 731. The van der Waals surface area contributed by atoms with Gasteiger partial charge in [-0.15, -0.1) is 0 Å². The molecule has 0 unspecified atom stereocenters. The molecule has 0 saturated heterocycles. The van der Waals surface area contributed by atoms with Crippen molar-refractivity contribution in [3.8, 4) is 5.88 Å². The summed E-state index contributed by atoms with van der Waals surface area (Å²) in [5, 5.41) is 0. The summed E-state index contributed by atoms with van der Waals surface area (Å²) in [6, 6.07) is 10.2. The van der Waals surface area contributed by atoms with Crippen LogP contribution >= 0.6 is 15.9 Å². The van der Waals surface area contributed by atoms with Gasteiger partial charge in [-0.2, -0.15) is 0 Å². The molecule has 0 spiro atoms. The van der Waals surface area contributed by atoms with Gasteiger partial charge in [0.05, 0.1) is 22.2 Å². The van der Waals surface area contributed by atoms with E-state index in [2.05, 4.69) is 51.9 Å². The minimum atomic E-state index is -0.0741. The van der Waals surface area contributed by atoms with Crippen LogP contribution in [0.25, 0.3) is 0 Å². The van der Waals surface area contributed by atoms with Crippen LogP contribution in [0.3, 0.4) is 0 Å². The van der Waals surface area contributed by atoms with Crippen molar-refractivity contribution >= 4 is 28.0 Å². The second-order valence-electron chi connectivity index (χ2n) is 5.81. The van der Waals surface area contributed by atoms with Crippen molar-refractivity contribution in [3.63, 3.8) is 0 Å². The highest BCUT2D eigenvalue weighted by Gasteiger charge is 2.14. The first-order valence-electron chi connectivity index (χ1n) is 8.06. The average molecular weight is 390 g/mol. The van der Waals surface area contributed by atoms with Crippen LogP contribution in [0.1, 0.15) is 36.8 Å². The quantitative estimate of drug-likeness (QED) is 0.502. The number of aromatic nitrogens is 1. The van der Waals surface area contributed by atoms with Gasteiger partial charge in [-0.05, 0) is 60.8 Å². The normalized spacial score (nSPS) is 12.4. The first-order chi connectivity index (χ1) is 11.4. The molecule has 1 atom stereocenters. The highest BCUT2D eigenvalue weighted by atomic mass is 79.9. The van der Waals surface area contributed by atoms with E-state index >= 15 is 0 Å². The molecule has 5 heteroatoms. The number of hydrogen-bond acceptors (Lipinski definition) is 3. The number of aliphatic imine (C=N–C) groups is 1. The zero-order valence-corrected chi connectivity index (χ0v) is 16.5. The third-order valence-electron chi connectivity index (χ3n) is 3.92. The van der Waals surface area contributed by atoms with Gasteiger partial charge in [-0.1, -0.05) is 24.3 Å². The third-order valence-corrected chi connectivity index (χ3v) is 4.48. The molecule has 0 fully saturated rings. The Morgan fingerprint density at radius 3 is 2.71 bits per heavy atom. The van der Waals surface area contributed by atoms with Crippen molar-refractivity contribution in [3.05, 3.63) is 51.6 Å². The lowest BCUT2D eigenvalue weighted by atomic mass is 10.0. The molecule has 1 aromatic heterocycles. The Kier molecular flexibility index (Phi) is 6.37. The van der Waals surface area contributed by atoms with Gasteiger partial charge < -0.3 is 9.64 Å². The molecule has 4 nitrogen and oxygen atoms in total. The van der Waals surface area contributed by atoms with Crippen molar-refractivity contribution in [1.29, 1.82) is 0 Å². The van der Waals surface area contributed by atoms with Crippen molar-refractivity contribution < 1.29 is 4.74 Å². The van der Waals surface area contributed by atoms with E-state index in [4.69, 9.17) is 4.74 Å². The Labute approximate surface area is 152 Å². The van der Waals surface area contributed by atoms with Gasteiger partial charge in [0.25, 0.3) is 0 Å². The molecule has 0 aliphatic heterocycles. The lowest BCUT2D eigenvalue weighted by molar-refractivity contribution is 0.215. The number of rotatable bonds is 6. The fourth-order valence-electron chi connectivity index (χ4n) is 2.28. The van der Waals surface area contributed by atoms with Crippen LogP contribution in [0.4, 0.5) is 5.69 Å². The van der Waals surface area contributed by atoms with E-state index in [0.717, 1.165) is 28.0 Å². The maximum atomic E-state index is 6.07. The van der Waals surface area contributed by atoms with Crippen molar-refractivity contribution in [2.75, 3.05) is 13.6 Å². The Morgan fingerprint density at radius 2 is 2.04 bits per heavy atom. The van der Waals surface area contributed by atoms with Gasteiger partial charge in [0, 0.05) is 13.6 Å². The highest BCUT2D eigenvalue weighted by molar-refractivity contribution is 9.10. The second kappa shape index (κ2) is 8.29. The molecule has 2 aromatic rings. The molecule has 128 valence electrons. The molecular weight excluding hydrogens is 366 g/mol. The molecule has 24 heavy (non-hydrogen) atoms. The maximum Gasteiger partial charge on any atom is 0.228 e. The largest absolute Gasteiger partial charge is 0.469 e. The third kappa shape index (κ3) is 4.57. The minimum absolute atomic E-state index is 0.0741. The first kappa shape index (κ1) is 18.5. The molecule has 0 aliphatic carbocycles. The zero-order chi connectivity index (χ0) is 17.7. The number of benzene rings is 1. The predicted molar refractivity (Wildman–Crippen MR) is 103 cm³/mol. The summed E-state index contributed by atoms with van der Waals surface area (Å²) in [5.41, 5.74) is 4.04. The maximum absolute atomic E-state index is 6.07. The molecule has 0 aliphatic rings. The Balaban J connectivity index is 2.22. The van der Waals surface area contributed by atoms with Gasteiger partial charge in [-0.3, -0.25) is 0 Å². The lowest BCUT2D eigenvalue weighted by Gasteiger charge is -2.18.